The third-order valence-electron chi connectivity index (χ3n) is 10.7. The second-order valence-corrected chi connectivity index (χ2v) is 16.6. The van der Waals surface area contributed by atoms with Crippen LogP contribution in [0, 0.1) is 5.82 Å². The van der Waals surface area contributed by atoms with Crippen molar-refractivity contribution in [3.05, 3.63) is 88.3 Å². The van der Waals surface area contributed by atoms with Gasteiger partial charge in [0.15, 0.2) is 5.82 Å². The van der Waals surface area contributed by atoms with Gasteiger partial charge in [-0.3, -0.25) is 29.2 Å². The van der Waals surface area contributed by atoms with Crippen LogP contribution in [0.1, 0.15) is 47.2 Å². The molecule has 15 nitrogen and oxygen atoms in total. The molecule has 2 fully saturated rings. The van der Waals surface area contributed by atoms with E-state index in [4.69, 9.17) is 25.4 Å². The van der Waals surface area contributed by atoms with Crippen LogP contribution in [0.2, 0.25) is 5.02 Å². The van der Waals surface area contributed by atoms with Crippen molar-refractivity contribution in [1.29, 1.82) is 0 Å². The lowest BCUT2D eigenvalue weighted by atomic mass is 10.0. The molecule has 2 saturated heterocycles. The summed E-state index contributed by atoms with van der Waals surface area (Å²) in [6.07, 6.45) is 3.50. The first-order valence-corrected chi connectivity index (χ1v) is 20.3. The highest BCUT2D eigenvalue weighted by atomic mass is 35.5. The van der Waals surface area contributed by atoms with Crippen molar-refractivity contribution < 1.29 is 37.1 Å². The number of piperidine rings is 2. The molecule has 1 unspecified atom stereocenters. The number of hydrogen-bond acceptors (Lipinski definition) is 13. The van der Waals surface area contributed by atoms with E-state index in [1.807, 2.05) is 25.2 Å². The van der Waals surface area contributed by atoms with Crippen LogP contribution in [0.15, 0.2) is 60.8 Å². The number of anilines is 5. The molecule has 3 amide bonds. The number of methoxy groups -OCH3 is 1. The van der Waals surface area contributed by atoms with Crippen molar-refractivity contribution in [2.45, 2.75) is 50.9 Å². The fourth-order valence-corrected chi connectivity index (χ4v) is 8.94. The number of imide groups is 1. The van der Waals surface area contributed by atoms with Crippen molar-refractivity contribution in [1.82, 2.24) is 25.1 Å². The number of hydrogen-bond donors (Lipinski definition) is 3. The van der Waals surface area contributed by atoms with E-state index in [2.05, 4.69) is 35.7 Å². The Morgan fingerprint density at radius 2 is 1.75 bits per heavy atom. The maximum Gasteiger partial charge on any atom is 0.362 e. The van der Waals surface area contributed by atoms with Crippen LogP contribution in [0.5, 0.6) is 5.75 Å². The van der Waals surface area contributed by atoms with Gasteiger partial charge >= 0.3 is 7.60 Å². The molecule has 300 valence electrons. The third-order valence-corrected chi connectivity index (χ3v) is 12.9. The molecule has 57 heavy (non-hydrogen) atoms. The van der Waals surface area contributed by atoms with Crippen molar-refractivity contribution in [2.75, 3.05) is 57.0 Å². The lowest BCUT2D eigenvalue weighted by Gasteiger charge is -2.38. The summed E-state index contributed by atoms with van der Waals surface area (Å²) in [6, 6.07) is 15.4. The number of halogens is 2. The van der Waals surface area contributed by atoms with Crippen LogP contribution in [0.3, 0.4) is 0 Å². The molecule has 7 rings (SSSR count). The Hall–Kier alpha value is -5.12. The normalized spacial score (nSPS) is 17.5. The molecule has 0 aliphatic carbocycles. The quantitative estimate of drug-likeness (QED) is 0.111. The minimum absolute atomic E-state index is 0.00439. The fourth-order valence-electron chi connectivity index (χ4n) is 7.57. The van der Waals surface area contributed by atoms with Gasteiger partial charge in [-0.05, 0) is 56.6 Å². The van der Waals surface area contributed by atoms with Crippen LogP contribution in [-0.4, -0.2) is 91.0 Å². The van der Waals surface area contributed by atoms with Gasteiger partial charge in [-0.15, -0.1) is 0 Å². The molecule has 0 saturated carbocycles. The molecule has 0 spiro atoms. The van der Waals surface area contributed by atoms with Gasteiger partial charge in [0, 0.05) is 74.8 Å². The van der Waals surface area contributed by atoms with E-state index >= 15 is 4.39 Å². The van der Waals surface area contributed by atoms with Crippen LogP contribution < -0.4 is 30.9 Å². The SMILES string of the molecule is COc1cc(N2CCC(N(C)Cc3ccc4c(c3F)CN(C3CCC(=O)NC3=O)C4=O)CC2)ccc1Nc1ncc(Cl)c(Nc2ccccc2P(=O)(OC)OC)n1. The molecule has 18 heteroatoms. The number of rotatable bonds is 13. The van der Waals surface area contributed by atoms with Crippen molar-refractivity contribution in [3.8, 4) is 5.75 Å². The molecule has 1 atom stereocenters. The topological polar surface area (TPSA) is 168 Å². The largest absolute Gasteiger partial charge is 0.494 e. The molecule has 4 aromatic rings. The third kappa shape index (κ3) is 8.18. The Kier molecular flexibility index (Phi) is 11.8. The highest BCUT2D eigenvalue weighted by Crippen LogP contribution is 2.47. The number of nitrogens with zero attached hydrogens (tertiary/aromatic N) is 5. The smallest absolute Gasteiger partial charge is 0.362 e. The van der Waals surface area contributed by atoms with E-state index in [0.29, 0.717) is 40.1 Å². The van der Waals surface area contributed by atoms with Gasteiger partial charge in [0.25, 0.3) is 5.91 Å². The zero-order valence-corrected chi connectivity index (χ0v) is 33.5. The Bertz CT molecular complexity index is 2250. The summed E-state index contributed by atoms with van der Waals surface area (Å²) in [5.41, 5.74) is 3.10. The molecule has 3 aromatic carbocycles. The minimum Gasteiger partial charge on any atom is -0.494 e. The fraction of sp³-hybridized carbons (Fsp3) is 0.359. The molecule has 3 aliphatic rings. The van der Waals surface area contributed by atoms with Crippen LogP contribution >= 0.6 is 19.2 Å². The van der Waals surface area contributed by atoms with Gasteiger partial charge in [0.05, 0.1) is 36.5 Å². The number of nitrogens with one attached hydrogen (secondary N) is 3. The molecule has 3 N–H and O–H groups in total. The van der Waals surface area contributed by atoms with Gasteiger partial charge in [0.2, 0.25) is 17.8 Å². The van der Waals surface area contributed by atoms with Crippen LogP contribution in [0.4, 0.5) is 33.2 Å². The minimum atomic E-state index is -3.58. The lowest BCUT2D eigenvalue weighted by molar-refractivity contribution is -0.136. The monoisotopic (exact) mass is 820 g/mol. The summed E-state index contributed by atoms with van der Waals surface area (Å²) in [5, 5.41) is 9.18. The van der Waals surface area contributed by atoms with Gasteiger partial charge in [-0.1, -0.05) is 29.8 Å². The summed E-state index contributed by atoms with van der Waals surface area (Å²) < 4.78 is 45.2. The first kappa shape index (κ1) is 40.1. The Labute approximate surface area is 334 Å². The van der Waals surface area contributed by atoms with Crippen molar-refractivity contribution in [3.63, 3.8) is 0 Å². The average molecular weight is 821 g/mol. The zero-order valence-electron chi connectivity index (χ0n) is 31.9. The Balaban J connectivity index is 0.973. The molecule has 3 aliphatic heterocycles. The van der Waals surface area contributed by atoms with E-state index in [-0.39, 0.29) is 53.7 Å². The second-order valence-electron chi connectivity index (χ2n) is 14.0. The number of carbonyl (C=O) groups excluding carboxylic acids is 3. The van der Waals surface area contributed by atoms with Crippen molar-refractivity contribution >= 4 is 71.1 Å². The maximum atomic E-state index is 15.9. The zero-order chi connectivity index (χ0) is 40.4. The molecular formula is C39H43ClFN8O7P. The summed E-state index contributed by atoms with van der Waals surface area (Å²) >= 11 is 6.46. The number of para-hydroxylation sites is 1. The predicted molar refractivity (Wildman–Crippen MR) is 213 cm³/mol. The van der Waals surface area contributed by atoms with E-state index in [1.54, 1.807) is 43.5 Å². The number of benzene rings is 3. The Morgan fingerprint density at radius 3 is 2.47 bits per heavy atom. The first-order chi connectivity index (χ1) is 27.4. The van der Waals surface area contributed by atoms with Crippen LogP contribution in [-0.2, 0) is 36.3 Å². The van der Waals surface area contributed by atoms with Gasteiger partial charge in [-0.25, -0.2) is 9.37 Å². The lowest BCUT2D eigenvalue weighted by Crippen LogP contribution is -2.52. The molecule has 1 aromatic heterocycles. The van der Waals surface area contributed by atoms with Crippen molar-refractivity contribution in [2.24, 2.45) is 0 Å². The summed E-state index contributed by atoms with van der Waals surface area (Å²) in [4.78, 5) is 51.9. The number of carbonyl (C=O) groups is 3. The summed E-state index contributed by atoms with van der Waals surface area (Å²) in [5.74, 6) is -0.618. The van der Waals surface area contributed by atoms with E-state index < -0.39 is 31.3 Å². The Morgan fingerprint density at radius 1 is 1.00 bits per heavy atom. The van der Waals surface area contributed by atoms with Gasteiger partial charge < -0.3 is 34.2 Å². The van der Waals surface area contributed by atoms with Crippen LogP contribution in [0.25, 0.3) is 0 Å². The summed E-state index contributed by atoms with van der Waals surface area (Å²) in [7, 11) is 2.61. The standard InChI is InChI=1S/C39H43ClFN8O7P/c1-47(21-23-9-11-26-27(35(23)41)22-49(38(26)52)31-13-14-34(50)45-37(31)51)24-15-17-48(18-16-24)25-10-12-29(32(19-25)54-2)44-39-42-20-28(40)36(46-39)43-30-7-5-6-8-33(30)57(53,55-3)56-4/h5-12,19-20,24,31H,13-18,21-22H2,1-4H3,(H,45,50,51)(H2,42,43,44,46). The molecule has 0 radical (unpaired) electrons. The van der Waals surface area contributed by atoms with E-state index in [9.17, 15) is 18.9 Å². The predicted octanol–water partition coefficient (Wildman–Crippen LogP) is 5.74. The summed E-state index contributed by atoms with van der Waals surface area (Å²) in [6.45, 7) is 1.89. The molecule has 0 bridgehead atoms. The first-order valence-electron chi connectivity index (χ1n) is 18.4. The number of aromatic nitrogens is 2. The van der Waals surface area contributed by atoms with Gasteiger partial charge in [-0.2, -0.15) is 4.98 Å². The highest BCUT2D eigenvalue weighted by Gasteiger charge is 2.40. The molecule has 4 heterocycles. The van der Waals surface area contributed by atoms with Gasteiger partial charge in [0.1, 0.15) is 22.6 Å². The molecular weight excluding hydrogens is 778 g/mol. The number of ether oxygens (including phenoxy) is 1. The maximum absolute atomic E-state index is 15.9. The average Bonchev–Trinajstić information content (AvgIpc) is 3.56. The number of fused-ring (bicyclic) bond motifs is 1. The number of amides is 3. The second kappa shape index (κ2) is 16.8. The van der Waals surface area contributed by atoms with E-state index in [0.717, 1.165) is 31.6 Å². The highest BCUT2D eigenvalue weighted by molar-refractivity contribution is 7.62. The van der Waals surface area contributed by atoms with E-state index in [1.165, 1.54) is 25.3 Å².